The Bertz CT molecular complexity index is 318. The summed E-state index contributed by atoms with van der Waals surface area (Å²) >= 11 is 0. The smallest absolute Gasteiger partial charge is 0.313 e. The number of ketones is 1. The lowest BCUT2D eigenvalue weighted by Crippen LogP contribution is -2.11. The van der Waals surface area contributed by atoms with Crippen LogP contribution in [0, 0.1) is 0 Å². The van der Waals surface area contributed by atoms with Crippen molar-refractivity contribution in [2.24, 2.45) is 0 Å². The molecule has 0 unspecified atom stereocenters. The number of carbonyl (C=O) groups is 2. The molecule has 82 valence electrons. The predicted molar refractivity (Wildman–Crippen MR) is 51.1 cm³/mol. The van der Waals surface area contributed by atoms with Gasteiger partial charge in [0.2, 0.25) is 0 Å². The van der Waals surface area contributed by atoms with Crippen LogP contribution < -0.4 is 0 Å². The van der Waals surface area contributed by atoms with Crippen LogP contribution in [0.4, 0.5) is 0 Å². The van der Waals surface area contributed by atoms with E-state index in [-0.39, 0.29) is 18.6 Å². The van der Waals surface area contributed by atoms with E-state index < -0.39 is 5.97 Å². The van der Waals surface area contributed by atoms with Crippen molar-refractivity contribution < 1.29 is 18.7 Å². The highest BCUT2D eigenvalue weighted by Crippen LogP contribution is 2.02. The van der Waals surface area contributed by atoms with Gasteiger partial charge in [-0.2, -0.15) is 0 Å². The summed E-state index contributed by atoms with van der Waals surface area (Å²) in [5, 5.41) is 0. The van der Waals surface area contributed by atoms with Crippen molar-refractivity contribution in [3.63, 3.8) is 0 Å². The van der Waals surface area contributed by atoms with Crippen molar-refractivity contribution in [2.45, 2.75) is 26.2 Å². The van der Waals surface area contributed by atoms with E-state index in [1.807, 2.05) is 0 Å². The van der Waals surface area contributed by atoms with E-state index in [0.717, 1.165) is 0 Å². The van der Waals surface area contributed by atoms with Crippen LogP contribution in [0.3, 0.4) is 0 Å². The zero-order valence-corrected chi connectivity index (χ0v) is 8.56. The number of aromatic nitrogens is 1. The number of esters is 1. The topological polar surface area (TPSA) is 69.4 Å². The largest absolute Gasteiger partial charge is 0.466 e. The van der Waals surface area contributed by atoms with Crippen LogP contribution in [0.15, 0.2) is 16.9 Å². The maximum Gasteiger partial charge on any atom is 0.313 e. The molecule has 0 fully saturated rings. The van der Waals surface area contributed by atoms with Crippen molar-refractivity contribution in [1.29, 1.82) is 0 Å². The lowest BCUT2D eigenvalue weighted by Gasteiger charge is -1.99. The van der Waals surface area contributed by atoms with Crippen LogP contribution in [0.2, 0.25) is 0 Å². The standard InChI is InChI=1S/C10H13NO4/c1-2-14-10(13)7-8(12)3-4-9-11-5-6-15-9/h5-6H,2-4,7H2,1H3. The molecule has 0 aliphatic carbocycles. The van der Waals surface area contributed by atoms with E-state index in [1.165, 1.54) is 12.5 Å². The van der Waals surface area contributed by atoms with Gasteiger partial charge in [-0.15, -0.1) is 0 Å². The van der Waals surface area contributed by atoms with Gasteiger partial charge in [0.15, 0.2) is 5.89 Å². The molecule has 0 aliphatic heterocycles. The monoisotopic (exact) mass is 211 g/mol. The Balaban J connectivity index is 2.22. The van der Waals surface area contributed by atoms with Crippen molar-refractivity contribution >= 4 is 11.8 Å². The molecule has 0 spiro atoms. The molecular weight excluding hydrogens is 198 g/mol. The first-order chi connectivity index (χ1) is 7.22. The van der Waals surface area contributed by atoms with Crippen LogP contribution >= 0.6 is 0 Å². The summed E-state index contributed by atoms with van der Waals surface area (Å²) in [5.41, 5.74) is 0. The average molecular weight is 211 g/mol. The van der Waals surface area contributed by atoms with E-state index in [0.29, 0.717) is 18.9 Å². The summed E-state index contributed by atoms with van der Waals surface area (Å²) in [5.74, 6) is -0.131. The van der Waals surface area contributed by atoms with Gasteiger partial charge in [-0.05, 0) is 6.92 Å². The number of ether oxygens (including phenoxy) is 1. The molecule has 0 aliphatic rings. The van der Waals surface area contributed by atoms with E-state index in [9.17, 15) is 9.59 Å². The van der Waals surface area contributed by atoms with E-state index in [4.69, 9.17) is 4.42 Å². The average Bonchev–Trinajstić information content (AvgIpc) is 2.67. The first-order valence-electron chi connectivity index (χ1n) is 4.78. The molecule has 0 radical (unpaired) electrons. The van der Waals surface area contributed by atoms with E-state index in [1.54, 1.807) is 6.92 Å². The Hall–Kier alpha value is -1.65. The Morgan fingerprint density at radius 1 is 1.53 bits per heavy atom. The Morgan fingerprint density at radius 2 is 2.33 bits per heavy atom. The number of carbonyl (C=O) groups excluding carboxylic acids is 2. The molecule has 0 aromatic carbocycles. The molecular formula is C10H13NO4. The first-order valence-corrected chi connectivity index (χ1v) is 4.78. The number of nitrogens with zero attached hydrogens (tertiary/aromatic N) is 1. The maximum atomic E-state index is 11.3. The van der Waals surface area contributed by atoms with Gasteiger partial charge in [-0.3, -0.25) is 9.59 Å². The zero-order chi connectivity index (χ0) is 11.1. The minimum atomic E-state index is -0.477. The number of hydrogen-bond donors (Lipinski definition) is 0. The number of aryl methyl sites for hydroxylation is 1. The molecule has 15 heavy (non-hydrogen) atoms. The summed E-state index contributed by atoms with van der Waals surface area (Å²) in [7, 11) is 0. The summed E-state index contributed by atoms with van der Waals surface area (Å²) < 4.78 is 9.61. The van der Waals surface area contributed by atoms with Gasteiger partial charge >= 0.3 is 5.97 Å². The Labute approximate surface area is 87.4 Å². The van der Waals surface area contributed by atoms with Crippen LogP contribution in [-0.4, -0.2) is 23.3 Å². The molecule has 1 rings (SSSR count). The summed E-state index contributed by atoms with van der Waals surface area (Å²) in [6.07, 6.45) is 3.47. The molecule has 0 saturated carbocycles. The zero-order valence-electron chi connectivity index (χ0n) is 8.56. The van der Waals surface area contributed by atoms with E-state index >= 15 is 0 Å². The van der Waals surface area contributed by atoms with Gasteiger partial charge in [0.05, 0.1) is 12.8 Å². The number of oxazole rings is 1. The van der Waals surface area contributed by atoms with Gasteiger partial charge in [0, 0.05) is 12.8 Å². The molecule has 1 heterocycles. The maximum absolute atomic E-state index is 11.3. The first kappa shape index (κ1) is 11.4. The predicted octanol–water partition coefficient (Wildman–Crippen LogP) is 1.13. The highest BCUT2D eigenvalue weighted by Gasteiger charge is 2.11. The Morgan fingerprint density at radius 3 is 2.93 bits per heavy atom. The molecule has 1 aromatic heterocycles. The second-order valence-corrected chi connectivity index (χ2v) is 2.95. The molecule has 0 N–H and O–H groups in total. The number of rotatable bonds is 6. The quantitative estimate of drug-likeness (QED) is 0.521. The second kappa shape index (κ2) is 5.95. The second-order valence-electron chi connectivity index (χ2n) is 2.95. The molecule has 0 saturated heterocycles. The summed E-state index contributed by atoms with van der Waals surface area (Å²) in [6, 6.07) is 0. The van der Waals surface area contributed by atoms with Gasteiger partial charge in [0.25, 0.3) is 0 Å². The highest BCUT2D eigenvalue weighted by molar-refractivity contribution is 5.95. The fourth-order valence-electron chi connectivity index (χ4n) is 1.08. The molecule has 5 nitrogen and oxygen atoms in total. The highest BCUT2D eigenvalue weighted by atomic mass is 16.5. The molecule has 0 atom stereocenters. The van der Waals surface area contributed by atoms with Crippen molar-refractivity contribution in [1.82, 2.24) is 4.98 Å². The lowest BCUT2D eigenvalue weighted by molar-refractivity contribution is -0.145. The van der Waals surface area contributed by atoms with Gasteiger partial charge in [0.1, 0.15) is 18.5 Å². The molecule has 0 amide bonds. The third-order valence-electron chi connectivity index (χ3n) is 1.75. The van der Waals surface area contributed by atoms with Gasteiger partial charge in [-0.25, -0.2) is 4.98 Å². The lowest BCUT2D eigenvalue weighted by atomic mass is 10.2. The van der Waals surface area contributed by atoms with Crippen LogP contribution in [0.1, 0.15) is 25.7 Å². The van der Waals surface area contributed by atoms with Crippen molar-refractivity contribution in [3.8, 4) is 0 Å². The third-order valence-corrected chi connectivity index (χ3v) is 1.75. The summed E-state index contributed by atoms with van der Waals surface area (Å²) in [4.78, 5) is 26.1. The van der Waals surface area contributed by atoms with Crippen molar-refractivity contribution in [2.75, 3.05) is 6.61 Å². The SMILES string of the molecule is CCOC(=O)CC(=O)CCc1ncco1. The van der Waals surface area contributed by atoms with Crippen LogP contribution in [0.25, 0.3) is 0 Å². The van der Waals surface area contributed by atoms with Crippen molar-refractivity contribution in [3.05, 3.63) is 18.4 Å². The third kappa shape index (κ3) is 4.39. The summed E-state index contributed by atoms with van der Waals surface area (Å²) in [6.45, 7) is 2.00. The molecule has 0 bridgehead atoms. The van der Waals surface area contributed by atoms with E-state index in [2.05, 4.69) is 9.72 Å². The van der Waals surface area contributed by atoms with Crippen LogP contribution in [0.5, 0.6) is 0 Å². The fourth-order valence-corrected chi connectivity index (χ4v) is 1.08. The molecule has 5 heteroatoms. The minimum Gasteiger partial charge on any atom is -0.466 e. The number of Topliss-reactive ketones (excluding diaryl/α,β-unsaturated/α-hetero) is 1. The van der Waals surface area contributed by atoms with Gasteiger partial charge < -0.3 is 9.15 Å². The normalized spacial score (nSPS) is 9.93. The van der Waals surface area contributed by atoms with Gasteiger partial charge in [-0.1, -0.05) is 0 Å². The minimum absolute atomic E-state index is 0.161. The molecule has 1 aromatic rings. The number of hydrogen-bond acceptors (Lipinski definition) is 5. The van der Waals surface area contributed by atoms with Crippen LogP contribution in [-0.2, 0) is 20.7 Å². The Kier molecular flexibility index (Phi) is 4.53. The fraction of sp³-hybridized carbons (Fsp3) is 0.500.